The number of benzene rings is 2. The number of pyridine rings is 1. The Hall–Kier alpha value is -2.98. The van der Waals surface area contributed by atoms with Crippen molar-refractivity contribution in [3.05, 3.63) is 95.8 Å². The molecule has 0 radical (unpaired) electrons. The Morgan fingerprint density at radius 2 is 1.57 bits per heavy atom. The van der Waals surface area contributed by atoms with Gasteiger partial charge in [0.25, 0.3) is 0 Å². The molecule has 2 aromatic heterocycles. The van der Waals surface area contributed by atoms with E-state index in [1.165, 1.54) is 17.0 Å². The second kappa shape index (κ2) is 7.95. The van der Waals surface area contributed by atoms with Crippen molar-refractivity contribution in [1.82, 2.24) is 9.55 Å². The number of hydrogen-bond donors (Lipinski definition) is 1. The molecular formula is C24H23N3S. The molecule has 0 aliphatic heterocycles. The lowest BCUT2D eigenvalue weighted by Gasteiger charge is -2.12. The van der Waals surface area contributed by atoms with Crippen LogP contribution in [0.1, 0.15) is 17.0 Å². The number of thioether (sulfide) groups is 1. The van der Waals surface area contributed by atoms with Gasteiger partial charge in [0.1, 0.15) is 5.82 Å². The summed E-state index contributed by atoms with van der Waals surface area (Å²) in [5.41, 5.74) is 13.2. The molecule has 140 valence electrons. The number of nitrogen functional groups attached to an aromatic ring is 1. The van der Waals surface area contributed by atoms with Gasteiger partial charge in [0, 0.05) is 22.8 Å². The van der Waals surface area contributed by atoms with Crippen molar-refractivity contribution in [3.63, 3.8) is 0 Å². The fourth-order valence-electron chi connectivity index (χ4n) is 3.40. The Bertz CT molecular complexity index is 1080. The molecule has 4 rings (SSSR count). The molecule has 2 aromatic carbocycles. The van der Waals surface area contributed by atoms with Crippen molar-refractivity contribution in [2.45, 2.75) is 24.6 Å². The van der Waals surface area contributed by atoms with Crippen LogP contribution in [0.4, 0.5) is 5.82 Å². The molecule has 2 N–H and O–H groups in total. The van der Waals surface area contributed by atoms with Gasteiger partial charge in [0.2, 0.25) is 0 Å². The van der Waals surface area contributed by atoms with Crippen LogP contribution in [-0.4, -0.2) is 9.55 Å². The van der Waals surface area contributed by atoms with Gasteiger partial charge in [0.05, 0.1) is 5.03 Å². The van der Waals surface area contributed by atoms with E-state index in [1.54, 1.807) is 11.8 Å². The lowest BCUT2D eigenvalue weighted by molar-refractivity contribution is 0.966. The van der Waals surface area contributed by atoms with Crippen LogP contribution in [0, 0.1) is 13.8 Å². The van der Waals surface area contributed by atoms with E-state index < -0.39 is 0 Å². The number of nitrogens with two attached hydrogens (primary N) is 1. The molecule has 4 heteroatoms. The van der Waals surface area contributed by atoms with Crippen molar-refractivity contribution < 1.29 is 0 Å². The highest BCUT2D eigenvalue weighted by molar-refractivity contribution is 7.98. The summed E-state index contributed by atoms with van der Waals surface area (Å²) in [5.74, 6) is 1.42. The summed E-state index contributed by atoms with van der Waals surface area (Å²) in [4.78, 5) is 4.51. The first kappa shape index (κ1) is 18.4. The van der Waals surface area contributed by atoms with Crippen molar-refractivity contribution in [2.75, 3.05) is 5.73 Å². The molecule has 0 aliphatic carbocycles. The molecule has 0 bridgehead atoms. The van der Waals surface area contributed by atoms with Gasteiger partial charge in [-0.2, -0.15) is 0 Å². The van der Waals surface area contributed by atoms with Crippen LogP contribution in [0.3, 0.4) is 0 Å². The quantitative estimate of drug-likeness (QED) is 0.427. The molecule has 0 aliphatic rings. The number of nitrogens with zero attached hydrogens (tertiary/aromatic N) is 2. The van der Waals surface area contributed by atoms with Crippen LogP contribution >= 0.6 is 11.8 Å². The molecule has 0 saturated heterocycles. The summed E-state index contributed by atoms with van der Waals surface area (Å²) in [6, 6.07) is 27.3. The van der Waals surface area contributed by atoms with Crippen molar-refractivity contribution in [3.8, 4) is 16.8 Å². The summed E-state index contributed by atoms with van der Waals surface area (Å²) in [5, 5.41) is 0.942. The Balaban J connectivity index is 1.64. The first-order valence-corrected chi connectivity index (χ1v) is 10.3. The normalized spacial score (nSPS) is 10.9. The van der Waals surface area contributed by atoms with Crippen LogP contribution in [0.25, 0.3) is 16.8 Å². The predicted octanol–water partition coefficient (Wildman–Crippen LogP) is 6.03. The standard InChI is InChI=1S/C24H23N3S/c1-17-11-12-18(2)27(17)22-10-6-9-20(13-22)21-14-23(25)26-24(15-21)28-16-19-7-4-3-5-8-19/h3-15H,16H2,1-2H3,(H2,25,26). The van der Waals surface area contributed by atoms with Gasteiger partial charge in [-0.3, -0.25) is 0 Å². The largest absolute Gasteiger partial charge is 0.384 e. The molecule has 0 fully saturated rings. The summed E-state index contributed by atoms with van der Waals surface area (Å²) in [6.07, 6.45) is 0. The van der Waals surface area contributed by atoms with Gasteiger partial charge >= 0.3 is 0 Å². The SMILES string of the molecule is Cc1ccc(C)n1-c1cccc(-c2cc(N)nc(SCc3ccccc3)c2)c1. The molecule has 28 heavy (non-hydrogen) atoms. The third-order valence-corrected chi connectivity index (χ3v) is 5.74. The summed E-state index contributed by atoms with van der Waals surface area (Å²) in [7, 11) is 0. The molecule has 0 unspecified atom stereocenters. The number of hydrogen-bond acceptors (Lipinski definition) is 3. The zero-order chi connectivity index (χ0) is 19.5. The Labute approximate surface area is 170 Å². The Morgan fingerprint density at radius 1 is 0.821 bits per heavy atom. The van der Waals surface area contributed by atoms with Gasteiger partial charge in [0.15, 0.2) is 0 Å². The van der Waals surface area contributed by atoms with E-state index >= 15 is 0 Å². The molecule has 3 nitrogen and oxygen atoms in total. The topological polar surface area (TPSA) is 43.8 Å². The summed E-state index contributed by atoms with van der Waals surface area (Å²) >= 11 is 1.71. The zero-order valence-electron chi connectivity index (χ0n) is 16.1. The molecule has 0 atom stereocenters. The minimum atomic E-state index is 0.548. The predicted molar refractivity (Wildman–Crippen MR) is 119 cm³/mol. The fraction of sp³-hybridized carbons (Fsp3) is 0.125. The van der Waals surface area contributed by atoms with E-state index in [0.29, 0.717) is 5.82 Å². The Morgan fingerprint density at radius 3 is 2.32 bits per heavy atom. The minimum Gasteiger partial charge on any atom is -0.384 e. The van der Waals surface area contributed by atoms with E-state index in [9.17, 15) is 0 Å². The second-order valence-corrected chi connectivity index (χ2v) is 7.89. The van der Waals surface area contributed by atoms with Crippen molar-refractivity contribution >= 4 is 17.6 Å². The van der Waals surface area contributed by atoms with Crippen LogP contribution in [0.2, 0.25) is 0 Å². The van der Waals surface area contributed by atoms with Gasteiger partial charge in [-0.1, -0.05) is 42.5 Å². The maximum atomic E-state index is 6.12. The molecule has 0 spiro atoms. The lowest BCUT2D eigenvalue weighted by atomic mass is 10.1. The maximum absolute atomic E-state index is 6.12. The average molecular weight is 386 g/mol. The highest BCUT2D eigenvalue weighted by atomic mass is 32.2. The first-order valence-electron chi connectivity index (χ1n) is 9.30. The molecular weight excluding hydrogens is 362 g/mol. The van der Waals surface area contributed by atoms with Crippen molar-refractivity contribution in [2.24, 2.45) is 0 Å². The molecule has 4 aromatic rings. The zero-order valence-corrected chi connectivity index (χ0v) is 16.9. The monoisotopic (exact) mass is 385 g/mol. The lowest BCUT2D eigenvalue weighted by Crippen LogP contribution is -1.99. The van der Waals surface area contributed by atoms with Crippen LogP contribution in [-0.2, 0) is 5.75 Å². The fourth-order valence-corrected chi connectivity index (χ4v) is 4.29. The molecule has 0 saturated carbocycles. The number of aromatic nitrogens is 2. The van der Waals surface area contributed by atoms with Gasteiger partial charge in [-0.05, 0) is 66.9 Å². The summed E-state index contributed by atoms with van der Waals surface area (Å²) < 4.78 is 2.26. The summed E-state index contributed by atoms with van der Waals surface area (Å²) in [6.45, 7) is 4.25. The van der Waals surface area contributed by atoms with Gasteiger partial charge in [-0.25, -0.2) is 4.98 Å². The molecule has 0 amide bonds. The third-order valence-electron chi connectivity index (χ3n) is 4.76. The third kappa shape index (κ3) is 3.97. The number of anilines is 1. The second-order valence-electron chi connectivity index (χ2n) is 6.90. The van der Waals surface area contributed by atoms with E-state index in [-0.39, 0.29) is 0 Å². The Kier molecular flexibility index (Phi) is 5.22. The van der Waals surface area contributed by atoms with E-state index in [2.05, 4.69) is 90.1 Å². The number of rotatable bonds is 5. The smallest absolute Gasteiger partial charge is 0.125 e. The van der Waals surface area contributed by atoms with Crippen LogP contribution < -0.4 is 5.73 Å². The van der Waals surface area contributed by atoms with Crippen molar-refractivity contribution in [1.29, 1.82) is 0 Å². The average Bonchev–Trinajstić information content (AvgIpc) is 3.05. The molecule has 2 heterocycles. The van der Waals surface area contributed by atoms with Crippen LogP contribution in [0.5, 0.6) is 0 Å². The first-order chi connectivity index (χ1) is 13.6. The maximum Gasteiger partial charge on any atom is 0.125 e. The van der Waals surface area contributed by atoms with Crippen LogP contribution in [0.15, 0.2) is 83.9 Å². The highest BCUT2D eigenvalue weighted by Crippen LogP contribution is 2.30. The van der Waals surface area contributed by atoms with E-state index in [1.807, 2.05) is 12.1 Å². The van der Waals surface area contributed by atoms with Gasteiger partial charge in [-0.15, -0.1) is 11.8 Å². The highest BCUT2D eigenvalue weighted by Gasteiger charge is 2.08. The van der Waals surface area contributed by atoms with Gasteiger partial charge < -0.3 is 10.3 Å². The van der Waals surface area contributed by atoms with E-state index in [0.717, 1.165) is 27.6 Å². The van der Waals surface area contributed by atoms with E-state index in [4.69, 9.17) is 5.73 Å². The number of aryl methyl sites for hydroxylation is 2. The minimum absolute atomic E-state index is 0.548.